The quantitative estimate of drug-likeness (QED) is 0.280. The first-order valence-corrected chi connectivity index (χ1v) is 14.4. The number of carboxylic acid groups (broad SMARTS) is 1. The Bertz CT molecular complexity index is 1310. The lowest BCUT2D eigenvalue weighted by Gasteiger charge is -2.23. The molecule has 1 N–H and O–H groups in total. The molecule has 6 nitrogen and oxygen atoms in total. The van der Waals surface area contributed by atoms with Crippen LogP contribution in [-0.2, 0) is 42.8 Å². The van der Waals surface area contributed by atoms with Gasteiger partial charge in [0.25, 0.3) is 0 Å². The van der Waals surface area contributed by atoms with Crippen molar-refractivity contribution >= 4 is 29.5 Å². The summed E-state index contributed by atoms with van der Waals surface area (Å²) in [4.78, 5) is 20.6. The number of nitrogens with zero attached hydrogens (tertiary/aromatic N) is 4. The summed E-state index contributed by atoms with van der Waals surface area (Å²) in [5, 5.41) is 28.5. The molecule has 40 heavy (non-hydrogen) atoms. The van der Waals surface area contributed by atoms with Crippen LogP contribution >= 0.6 is 23.5 Å². The molecule has 4 rings (SSSR count). The topological polar surface area (TPSA) is 111 Å². The third-order valence-corrected chi connectivity index (χ3v) is 9.14. The molecule has 0 atom stereocenters. The van der Waals surface area contributed by atoms with Crippen molar-refractivity contribution in [3.63, 3.8) is 0 Å². The second kappa shape index (κ2) is 11.9. The number of pyridine rings is 2. The van der Waals surface area contributed by atoms with Gasteiger partial charge < -0.3 is 5.11 Å². The van der Waals surface area contributed by atoms with Crippen LogP contribution in [0.15, 0.2) is 10.1 Å². The number of carbonyl (C=O) groups is 1. The largest absolute Gasteiger partial charge is 0.481 e. The van der Waals surface area contributed by atoms with Crippen molar-refractivity contribution in [3.05, 3.63) is 44.8 Å². The maximum atomic E-state index is 13.9. The average molecular weight is 601 g/mol. The second-order valence-corrected chi connectivity index (χ2v) is 11.5. The van der Waals surface area contributed by atoms with Crippen LogP contribution in [0, 0.1) is 28.6 Å². The molecule has 2 aromatic heterocycles. The number of aliphatic carboxylic acids is 1. The van der Waals surface area contributed by atoms with Gasteiger partial charge in [0.1, 0.15) is 22.2 Å². The molecule has 0 amide bonds. The van der Waals surface area contributed by atoms with Crippen LogP contribution in [0.4, 0.5) is 26.3 Å². The molecule has 0 unspecified atom stereocenters. The minimum absolute atomic E-state index is 0.00650. The Hall–Kier alpha value is -2.97. The zero-order valence-corrected chi connectivity index (χ0v) is 22.5. The van der Waals surface area contributed by atoms with E-state index in [1.54, 1.807) is 12.1 Å². The van der Waals surface area contributed by atoms with Crippen molar-refractivity contribution in [3.8, 4) is 12.1 Å². The van der Waals surface area contributed by atoms with Crippen molar-refractivity contribution in [2.45, 2.75) is 73.8 Å². The van der Waals surface area contributed by atoms with E-state index >= 15 is 0 Å². The Labute approximate surface area is 234 Å². The van der Waals surface area contributed by atoms with Crippen LogP contribution in [0.25, 0.3) is 0 Å². The van der Waals surface area contributed by atoms with Gasteiger partial charge in [-0.25, -0.2) is 9.97 Å². The van der Waals surface area contributed by atoms with Gasteiger partial charge in [-0.05, 0) is 62.5 Å². The van der Waals surface area contributed by atoms with Crippen LogP contribution in [-0.4, -0.2) is 32.5 Å². The molecule has 0 saturated heterocycles. The van der Waals surface area contributed by atoms with E-state index in [-0.39, 0.29) is 56.9 Å². The van der Waals surface area contributed by atoms with E-state index in [2.05, 4.69) is 9.97 Å². The van der Waals surface area contributed by atoms with E-state index < -0.39 is 46.5 Å². The van der Waals surface area contributed by atoms with Crippen LogP contribution < -0.4 is 0 Å². The van der Waals surface area contributed by atoms with Crippen LogP contribution in [0.3, 0.4) is 0 Å². The summed E-state index contributed by atoms with van der Waals surface area (Å²) in [5.41, 5.74) is -2.95. The number of thioether (sulfide) groups is 2. The molecule has 212 valence electrons. The van der Waals surface area contributed by atoms with E-state index in [1.165, 1.54) is 0 Å². The Morgan fingerprint density at radius 2 is 1.15 bits per heavy atom. The van der Waals surface area contributed by atoms with Crippen molar-refractivity contribution in [2.24, 2.45) is 5.92 Å². The number of aromatic nitrogens is 2. The molecule has 0 saturated carbocycles. The third kappa shape index (κ3) is 6.18. The number of hydrogen-bond donors (Lipinski definition) is 1. The Kier molecular flexibility index (Phi) is 8.90. The monoisotopic (exact) mass is 600 g/mol. The molecular formula is C26H22F6N4O2S2. The molecule has 2 aliphatic rings. The molecule has 0 fully saturated rings. The average Bonchev–Trinajstić information content (AvgIpc) is 2.89. The molecule has 0 spiro atoms. The zero-order valence-electron chi connectivity index (χ0n) is 20.9. The molecule has 14 heteroatoms. The highest BCUT2D eigenvalue weighted by Gasteiger charge is 2.41. The van der Waals surface area contributed by atoms with E-state index in [9.17, 15) is 46.8 Å². The Balaban J connectivity index is 1.62. The second-order valence-electron chi connectivity index (χ2n) is 9.47. The highest BCUT2D eigenvalue weighted by molar-refractivity contribution is 8.00. The number of rotatable bonds is 7. The fraction of sp³-hybridized carbons (Fsp3) is 0.500. The molecule has 2 heterocycles. The summed E-state index contributed by atoms with van der Waals surface area (Å²) in [6.07, 6.45) is -6.37. The first-order chi connectivity index (χ1) is 18.9. The Morgan fingerprint density at radius 3 is 1.48 bits per heavy atom. The van der Waals surface area contributed by atoms with Gasteiger partial charge in [0.2, 0.25) is 0 Å². The number of fused-ring (bicyclic) bond motifs is 2. The molecule has 0 bridgehead atoms. The van der Waals surface area contributed by atoms with Gasteiger partial charge in [-0.2, -0.15) is 36.9 Å². The highest BCUT2D eigenvalue weighted by atomic mass is 32.2. The van der Waals surface area contributed by atoms with Crippen LogP contribution in [0.1, 0.15) is 70.5 Å². The summed E-state index contributed by atoms with van der Waals surface area (Å²) in [6.45, 7) is 0. The van der Waals surface area contributed by atoms with Crippen molar-refractivity contribution < 1.29 is 36.2 Å². The standard InChI is InChI=1S/C26H22F6N4O2S2/c27-25(28,29)20-14-5-1-3-7-18(14)35-22(16(20)9-33)39-11-13(24(37)38)12-40-23-17(10-34)21(26(30,31)32)15-6-2-4-8-19(15)36-23/h13H,1-8,11-12H2,(H,37,38). The van der Waals surface area contributed by atoms with Gasteiger partial charge in [0, 0.05) is 22.9 Å². The van der Waals surface area contributed by atoms with Gasteiger partial charge in [-0.15, -0.1) is 23.5 Å². The van der Waals surface area contributed by atoms with Crippen LogP contribution in [0.5, 0.6) is 0 Å². The number of alkyl halides is 6. The molecular weight excluding hydrogens is 578 g/mol. The fourth-order valence-electron chi connectivity index (χ4n) is 5.03. The highest BCUT2D eigenvalue weighted by Crippen LogP contribution is 2.43. The number of hydrogen-bond acceptors (Lipinski definition) is 7. The molecule has 0 aliphatic heterocycles. The van der Waals surface area contributed by atoms with Crippen molar-refractivity contribution in [2.75, 3.05) is 11.5 Å². The predicted octanol–water partition coefficient (Wildman–Crippen LogP) is 6.60. The van der Waals surface area contributed by atoms with E-state index in [4.69, 9.17) is 0 Å². The van der Waals surface area contributed by atoms with E-state index in [0.29, 0.717) is 62.0 Å². The normalized spacial score (nSPS) is 15.2. The molecule has 2 aliphatic carbocycles. The summed E-state index contributed by atoms with van der Waals surface area (Å²) in [5.74, 6) is -3.16. The van der Waals surface area contributed by atoms with Gasteiger partial charge in [0.05, 0.1) is 28.2 Å². The SMILES string of the molecule is N#Cc1c(SCC(CSc2nc3c(c(C(F)(F)F)c2C#N)CCCC3)C(=O)O)nc2c(c1C(F)(F)F)CCCC2. The summed E-state index contributed by atoms with van der Waals surface area (Å²) in [6, 6.07) is 3.17. The predicted molar refractivity (Wildman–Crippen MR) is 134 cm³/mol. The minimum atomic E-state index is -4.80. The van der Waals surface area contributed by atoms with E-state index in [0.717, 1.165) is 0 Å². The van der Waals surface area contributed by atoms with Gasteiger partial charge in [0.15, 0.2) is 0 Å². The molecule has 2 aromatic rings. The number of nitriles is 2. The lowest BCUT2D eigenvalue weighted by Crippen LogP contribution is -2.22. The fourth-order valence-corrected chi connectivity index (χ4v) is 7.35. The minimum Gasteiger partial charge on any atom is -0.481 e. The zero-order chi connectivity index (χ0) is 29.2. The van der Waals surface area contributed by atoms with Gasteiger partial charge >= 0.3 is 18.3 Å². The first kappa shape index (κ1) is 30.0. The molecule has 0 radical (unpaired) electrons. The number of aryl methyl sites for hydroxylation is 2. The van der Waals surface area contributed by atoms with Crippen LogP contribution in [0.2, 0.25) is 0 Å². The number of halogens is 6. The third-order valence-electron chi connectivity index (χ3n) is 6.86. The van der Waals surface area contributed by atoms with Crippen molar-refractivity contribution in [1.82, 2.24) is 9.97 Å². The van der Waals surface area contributed by atoms with E-state index in [1.807, 2.05) is 0 Å². The van der Waals surface area contributed by atoms with Gasteiger partial charge in [-0.3, -0.25) is 4.79 Å². The molecule has 0 aromatic carbocycles. The first-order valence-electron chi connectivity index (χ1n) is 12.4. The van der Waals surface area contributed by atoms with Gasteiger partial charge in [-0.1, -0.05) is 0 Å². The lowest BCUT2D eigenvalue weighted by molar-refractivity contribution is -0.140. The summed E-state index contributed by atoms with van der Waals surface area (Å²) in [7, 11) is 0. The Morgan fingerprint density at radius 1 is 0.775 bits per heavy atom. The smallest absolute Gasteiger partial charge is 0.418 e. The summed E-state index contributed by atoms with van der Waals surface area (Å²) >= 11 is 1.39. The van der Waals surface area contributed by atoms with Crippen molar-refractivity contribution in [1.29, 1.82) is 10.5 Å². The number of carboxylic acids is 1. The summed E-state index contributed by atoms with van der Waals surface area (Å²) < 4.78 is 83.7. The maximum Gasteiger partial charge on any atom is 0.418 e. The maximum absolute atomic E-state index is 13.9. The lowest BCUT2D eigenvalue weighted by atomic mass is 9.90.